The number of hydrogen-bond donors (Lipinski definition) is 1. The summed E-state index contributed by atoms with van der Waals surface area (Å²) in [6.07, 6.45) is 6.46. The molecule has 0 spiro atoms. The minimum Gasteiger partial charge on any atom is -0.449 e. The molecule has 0 saturated heterocycles. The molecule has 1 saturated carbocycles. The molecule has 1 atom stereocenters. The van der Waals surface area contributed by atoms with Crippen LogP contribution in [-0.2, 0) is 9.53 Å². The normalized spacial score (nSPS) is 15.9. The topological polar surface area (TPSA) is 86.1 Å². The standard InChI is InChI=1S/C17H20N4O3/c1-12(16(22)20-14-4-2-3-5-14)24-17(23)13-6-8-15(9-7-13)21-11-18-10-19-21/h6-12,14H,2-5H2,1H3,(H,20,22)/t12-/m0/s1. The maximum absolute atomic E-state index is 12.2. The van der Waals surface area contributed by atoms with Gasteiger partial charge in [0.25, 0.3) is 5.91 Å². The van der Waals surface area contributed by atoms with Crippen LogP contribution >= 0.6 is 0 Å². The van der Waals surface area contributed by atoms with Crippen LogP contribution < -0.4 is 5.32 Å². The molecule has 1 aliphatic carbocycles. The molecule has 0 bridgehead atoms. The van der Waals surface area contributed by atoms with Crippen LogP contribution in [0.1, 0.15) is 43.0 Å². The van der Waals surface area contributed by atoms with Gasteiger partial charge in [-0.3, -0.25) is 4.79 Å². The summed E-state index contributed by atoms with van der Waals surface area (Å²) in [6, 6.07) is 6.98. The zero-order chi connectivity index (χ0) is 16.9. The van der Waals surface area contributed by atoms with E-state index in [9.17, 15) is 9.59 Å². The Hall–Kier alpha value is -2.70. The summed E-state index contributed by atoms with van der Waals surface area (Å²) < 4.78 is 6.84. The van der Waals surface area contributed by atoms with Crippen molar-refractivity contribution < 1.29 is 14.3 Å². The molecule has 126 valence electrons. The minimum absolute atomic E-state index is 0.209. The van der Waals surface area contributed by atoms with E-state index < -0.39 is 12.1 Å². The number of nitrogens with zero attached hydrogens (tertiary/aromatic N) is 3. The monoisotopic (exact) mass is 328 g/mol. The molecule has 24 heavy (non-hydrogen) atoms. The zero-order valence-corrected chi connectivity index (χ0v) is 13.5. The van der Waals surface area contributed by atoms with E-state index in [2.05, 4.69) is 15.4 Å². The molecule has 3 rings (SSSR count). The lowest BCUT2D eigenvalue weighted by Crippen LogP contribution is -2.40. The molecule has 0 unspecified atom stereocenters. The van der Waals surface area contributed by atoms with Crippen LogP contribution in [-0.4, -0.2) is 38.8 Å². The Balaban J connectivity index is 1.56. The summed E-state index contributed by atoms with van der Waals surface area (Å²) in [7, 11) is 0. The van der Waals surface area contributed by atoms with Gasteiger partial charge >= 0.3 is 5.97 Å². The van der Waals surface area contributed by atoms with Crippen molar-refractivity contribution in [1.29, 1.82) is 0 Å². The maximum atomic E-state index is 12.2. The van der Waals surface area contributed by atoms with Crippen LogP contribution in [0.15, 0.2) is 36.9 Å². The number of ether oxygens (including phenoxy) is 1. The number of rotatable bonds is 5. The fourth-order valence-corrected chi connectivity index (χ4v) is 2.76. The van der Waals surface area contributed by atoms with Crippen molar-refractivity contribution in [3.8, 4) is 5.69 Å². The molecule has 7 nitrogen and oxygen atoms in total. The van der Waals surface area contributed by atoms with E-state index in [1.165, 1.54) is 6.33 Å². The van der Waals surface area contributed by atoms with Crippen LogP contribution in [0.5, 0.6) is 0 Å². The molecule has 2 aromatic rings. The van der Waals surface area contributed by atoms with E-state index in [-0.39, 0.29) is 11.9 Å². The Morgan fingerprint density at radius 2 is 1.96 bits per heavy atom. The molecule has 1 aromatic carbocycles. The van der Waals surface area contributed by atoms with E-state index in [4.69, 9.17) is 4.74 Å². The largest absolute Gasteiger partial charge is 0.449 e. The van der Waals surface area contributed by atoms with Gasteiger partial charge in [0.15, 0.2) is 6.10 Å². The quantitative estimate of drug-likeness (QED) is 0.847. The van der Waals surface area contributed by atoms with E-state index in [1.54, 1.807) is 42.2 Å². The highest BCUT2D eigenvalue weighted by molar-refractivity contribution is 5.92. The first-order chi connectivity index (χ1) is 11.6. The summed E-state index contributed by atoms with van der Waals surface area (Å²) in [5, 5.41) is 6.95. The third-order valence-corrected chi connectivity index (χ3v) is 4.14. The van der Waals surface area contributed by atoms with E-state index in [0.717, 1.165) is 31.4 Å². The third-order valence-electron chi connectivity index (χ3n) is 4.14. The summed E-state index contributed by atoms with van der Waals surface area (Å²) in [5.74, 6) is -0.760. The number of amides is 1. The minimum atomic E-state index is -0.812. The highest BCUT2D eigenvalue weighted by atomic mass is 16.5. The van der Waals surface area contributed by atoms with E-state index in [0.29, 0.717) is 5.56 Å². The first-order valence-corrected chi connectivity index (χ1v) is 8.10. The van der Waals surface area contributed by atoms with Crippen molar-refractivity contribution >= 4 is 11.9 Å². The Labute approximate surface area is 140 Å². The van der Waals surface area contributed by atoms with Crippen molar-refractivity contribution in [2.24, 2.45) is 0 Å². The number of benzene rings is 1. The zero-order valence-electron chi connectivity index (χ0n) is 13.5. The molecule has 7 heteroatoms. The molecule has 1 aromatic heterocycles. The number of esters is 1. The lowest BCUT2D eigenvalue weighted by Gasteiger charge is -2.17. The van der Waals surface area contributed by atoms with Crippen LogP contribution in [0.4, 0.5) is 0 Å². The van der Waals surface area contributed by atoms with Crippen molar-refractivity contribution in [2.45, 2.75) is 44.8 Å². The Bertz CT molecular complexity index is 691. The number of nitrogens with one attached hydrogen (secondary N) is 1. The predicted octanol–water partition coefficient (Wildman–Crippen LogP) is 1.87. The average Bonchev–Trinajstić information content (AvgIpc) is 3.28. The Morgan fingerprint density at radius 3 is 2.58 bits per heavy atom. The first kappa shape index (κ1) is 16.2. The SMILES string of the molecule is C[C@H](OC(=O)c1ccc(-n2cncn2)cc1)C(=O)NC1CCCC1. The fourth-order valence-electron chi connectivity index (χ4n) is 2.76. The fraction of sp³-hybridized carbons (Fsp3) is 0.412. The maximum Gasteiger partial charge on any atom is 0.338 e. The highest BCUT2D eigenvalue weighted by Crippen LogP contribution is 2.18. The van der Waals surface area contributed by atoms with Crippen LogP contribution in [0, 0.1) is 0 Å². The second-order valence-electron chi connectivity index (χ2n) is 5.92. The van der Waals surface area contributed by atoms with E-state index >= 15 is 0 Å². The molecule has 1 aliphatic rings. The van der Waals surface area contributed by atoms with Gasteiger partial charge in [-0.1, -0.05) is 12.8 Å². The number of aromatic nitrogens is 3. The van der Waals surface area contributed by atoms with Crippen molar-refractivity contribution in [1.82, 2.24) is 20.1 Å². The molecule has 1 amide bonds. The molecule has 0 aliphatic heterocycles. The summed E-state index contributed by atoms with van der Waals surface area (Å²) in [5.41, 5.74) is 1.18. The van der Waals surface area contributed by atoms with Gasteiger partial charge in [-0.25, -0.2) is 14.5 Å². The Kier molecular flexibility index (Phi) is 4.88. The molecule has 1 heterocycles. The highest BCUT2D eigenvalue weighted by Gasteiger charge is 2.23. The molecule has 1 N–H and O–H groups in total. The third kappa shape index (κ3) is 3.79. The Morgan fingerprint density at radius 1 is 1.25 bits per heavy atom. The van der Waals surface area contributed by atoms with Crippen molar-refractivity contribution in [3.05, 3.63) is 42.5 Å². The van der Waals surface area contributed by atoms with Gasteiger partial charge in [-0.2, -0.15) is 5.10 Å². The lowest BCUT2D eigenvalue weighted by atomic mass is 10.2. The van der Waals surface area contributed by atoms with Gasteiger partial charge in [0.2, 0.25) is 0 Å². The molecule has 0 radical (unpaired) electrons. The van der Waals surface area contributed by atoms with Crippen LogP contribution in [0.2, 0.25) is 0 Å². The lowest BCUT2D eigenvalue weighted by molar-refractivity contribution is -0.129. The van der Waals surface area contributed by atoms with Gasteiger partial charge in [0.05, 0.1) is 11.3 Å². The average molecular weight is 328 g/mol. The summed E-state index contributed by atoms with van der Waals surface area (Å²) >= 11 is 0. The van der Waals surface area contributed by atoms with Gasteiger partial charge in [-0.15, -0.1) is 0 Å². The van der Waals surface area contributed by atoms with Crippen LogP contribution in [0.25, 0.3) is 5.69 Å². The van der Waals surface area contributed by atoms with Gasteiger partial charge < -0.3 is 10.1 Å². The number of hydrogen-bond acceptors (Lipinski definition) is 5. The summed E-state index contributed by atoms with van der Waals surface area (Å²) in [6.45, 7) is 1.59. The van der Waals surface area contributed by atoms with Gasteiger partial charge in [0.1, 0.15) is 12.7 Å². The molecule has 1 fully saturated rings. The van der Waals surface area contributed by atoms with Crippen molar-refractivity contribution in [3.63, 3.8) is 0 Å². The smallest absolute Gasteiger partial charge is 0.338 e. The second kappa shape index (κ2) is 7.25. The molecular weight excluding hydrogens is 308 g/mol. The summed E-state index contributed by atoms with van der Waals surface area (Å²) in [4.78, 5) is 28.1. The first-order valence-electron chi connectivity index (χ1n) is 8.10. The van der Waals surface area contributed by atoms with E-state index in [1.807, 2.05) is 0 Å². The number of carbonyl (C=O) groups is 2. The number of carbonyl (C=O) groups excluding carboxylic acids is 2. The van der Waals surface area contributed by atoms with Crippen molar-refractivity contribution in [2.75, 3.05) is 0 Å². The van der Waals surface area contributed by atoms with Gasteiger partial charge in [-0.05, 0) is 44.0 Å². The predicted molar refractivity (Wildman–Crippen MR) is 86.6 cm³/mol. The second-order valence-corrected chi connectivity index (χ2v) is 5.92. The van der Waals surface area contributed by atoms with Gasteiger partial charge in [0, 0.05) is 6.04 Å². The molecular formula is C17H20N4O3. The van der Waals surface area contributed by atoms with Crippen LogP contribution in [0.3, 0.4) is 0 Å².